The van der Waals surface area contributed by atoms with Gasteiger partial charge in [0.1, 0.15) is 5.75 Å². The summed E-state index contributed by atoms with van der Waals surface area (Å²) in [4.78, 5) is 0. The Kier molecular flexibility index (Phi) is 4.99. The van der Waals surface area contributed by atoms with Crippen molar-refractivity contribution in [1.29, 1.82) is 0 Å². The van der Waals surface area contributed by atoms with Crippen LogP contribution < -0.4 is 10.5 Å². The molecule has 0 atom stereocenters. The molecule has 0 aliphatic rings. The van der Waals surface area contributed by atoms with Crippen LogP contribution >= 0.6 is 0 Å². The molecule has 0 aromatic heterocycles. The molecule has 8 heteroatoms. The topological polar surface area (TPSA) is 88.1 Å². The molecule has 5 nitrogen and oxygen atoms in total. The summed E-state index contributed by atoms with van der Waals surface area (Å²) in [6.07, 6.45) is -4.22. The van der Waals surface area contributed by atoms with Crippen molar-refractivity contribution in [3.63, 3.8) is 0 Å². The predicted molar refractivity (Wildman–Crippen MR) is 61.2 cm³/mol. The SMILES string of the molecule is N/C(=N\O)c1cc(C(F)(F)F)ccc1OCCCO. The number of ether oxygens (including phenoxy) is 1. The fraction of sp³-hybridized carbons (Fsp3) is 0.364. The van der Waals surface area contributed by atoms with Gasteiger partial charge in [-0.15, -0.1) is 0 Å². The maximum atomic E-state index is 12.6. The molecule has 0 unspecified atom stereocenters. The van der Waals surface area contributed by atoms with Gasteiger partial charge in [-0.05, 0) is 18.2 Å². The Labute approximate surface area is 107 Å². The Morgan fingerprint density at radius 1 is 1.37 bits per heavy atom. The second-order valence-corrected chi connectivity index (χ2v) is 3.62. The zero-order chi connectivity index (χ0) is 14.5. The smallest absolute Gasteiger partial charge is 0.416 e. The van der Waals surface area contributed by atoms with Gasteiger partial charge in [-0.2, -0.15) is 13.2 Å². The number of aliphatic hydroxyl groups excluding tert-OH is 1. The first-order valence-electron chi connectivity index (χ1n) is 5.33. The molecule has 0 saturated heterocycles. The van der Waals surface area contributed by atoms with Crippen LogP contribution in [0.5, 0.6) is 5.75 Å². The van der Waals surface area contributed by atoms with Crippen molar-refractivity contribution >= 4 is 5.84 Å². The van der Waals surface area contributed by atoms with Crippen molar-refractivity contribution in [2.45, 2.75) is 12.6 Å². The Morgan fingerprint density at radius 3 is 2.58 bits per heavy atom. The fourth-order valence-electron chi connectivity index (χ4n) is 1.33. The van der Waals surface area contributed by atoms with Crippen molar-refractivity contribution in [1.82, 2.24) is 0 Å². The second-order valence-electron chi connectivity index (χ2n) is 3.62. The van der Waals surface area contributed by atoms with Crippen molar-refractivity contribution < 1.29 is 28.2 Å². The van der Waals surface area contributed by atoms with Crippen LogP contribution in [0.4, 0.5) is 13.2 Å². The summed E-state index contributed by atoms with van der Waals surface area (Å²) in [6.45, 7) is -0.00683. The van der Waals surface area contributed by atoms with Crippen LogP contribution in [0.25, 0.3) is 0 Å². The Bertz CT molecular complexity index is 461. The standard InChI is InChI=1S/C11H13F3N2O3/c12-11(13,14)7-2-3-9(19-5-1-4-17)8(6-7)10(15)16-18/h2-3,6,17-18H,1,4-5H2,(H2,15,16). The van der Waals surface area contributed by atoms with E-state index < -0.39 is 17.6 Å². The summed E-state index contributed by atoms with van der Waals surface area (Å²) in [7, 11) is 0. The van der Waals surface area contributed by atoms with Crippen molar-refractivity contribution in [3.8, 4) is 5.75 Å². The van der Waals surface area contributed by atoms with E-state index in [1.807, 2.05) is 0 Å². The first kappa shape index (κ1) is 15.1. The summed E-state index contributed by atoms with van der Waals surface area (Å²) < 4.78 is 42.8. The summed E-state index contributed by atoms with van der Waals surface area (Å²) in [5.74, 6) is -0.429. The summed E-state index contributed by atoms with van der Waals surface area (Å²) in [5, 5.41) is 19.8. The number of benzene rings is 1. The van der Waals surface area contributed by atoms with E-state index >= 15 is 0 Å². The number of hydrogen-bond acceptors (Lipinski definition) is 4. The highest BCUT2D eigenvalue weighted by Crippen LogP contribution is 2.32. The molecule has 0 saturated carbocycles. The summed E-state index contributed by atoms with van der Waals surface area (Å²) >= 11 is 0. The molecular formula is C11H13F3N2O3. The van der Waals surface area contributed by atoms with Crippen LogP contribution in [0, 0.1) is 0 Å². The van der Waals surface area contributed by atoms with Gasteiger partial charge in [0.25, 0.3) is 0 Å². The lowest BCUT2D eigenvalue weighted by Crippen LogP contribution is -2.17. The van der Waals surface area contributed by atoms with E-state index in [4.69, 9.17) is 20.8 Å². The normalized spacial score (nSPS) is 12.5. The highest BCUT2D eigenvalue weighted by molar-refractivity contribution is 5.99. The van der Waals surface area contributed by atoms with Crippen molar-refractivity contribution in [3.05, 3.63) is 29.3 Å². The molecule has 0 fully saturated rings. The van der Waals surface area contributed by atoms with Crippen LogP contribution in [0.3, 0.4) is 0 Å². The number of rotatable bonds is 5. The lowest BCUT2D eigenvalue weighted by atomic mass is 10.1. The summed E-state index contributed by atoms with van der Waals surface area (Å²) in [6, 6.07) is 2.67. The zero-order valence-corrected chi connectivity index (χ0v) is 9.81. The van der Waals surface area contributed by atoms with Crippen LogP contribution in [0.1, 0.15) is 17.5 Å². The Hall–Kier alpha value is -1.96. The fourth-order valence-corrected chi connectivity index (χ4v) is 1.33. The maximum absolute atomic E-state index is 12.6. The lowest BCUT2D eigenvalue weighted by molar-refractivity contribution is -0.137. The third-order valence-electron chi connectivity index (χ3n) is 2.25. The number of nitrogens with zero attached hydrogens (tertiary/aromatic N) is 1. The van der Waals surface area contributed by atoms with Crippen molar-refractivity contribution in [2.75, 3.05) is 13.2 Å². The maximum Gasteiger partial charge on any atom is 0.416 e. The van der Waals surface area contributed by atoms with Gasteiger partial charge >= 0.3 is 6.18 Å². The number of halogens is 3. The molecule has 0 aliphatic heterocycles. The molecule has 0 aliphatic carbocycles. The van der Waals surface area contributed by atoms with Gasteiger partial charge in [-0.3, -0.25) is 0 Å². The van der Waals surface area contributed by atoms with Crippen LogP contribution in [-0.4, -0.2) is 29.4 Å². The second kappa shape index (κ2) is 6.28. The average molecular weight is 278 g/mol. The molecule has 0 spiro atoms. The van der Waals surface area contributed by atoms with E-state index in [0.29, 0.717) is 6.42 Å². The highest BCUT2D eigenvalue weighted by atomic mass is 19.4. The molecular weight excluding hydrogens is 265 g/mol. The number of oxime groups is 1. The van der Waals surface area contributed by atoms with Gasteiger partial charge in [0.2, 0.25) is 0 Å². The van der Waals surface area contributed by atoms with Gasteiger partial charge in [0.15, 0.2) is 5.84 Å². The van der Waals surface area contributed by atoms with E-state index in [1.165, 1.54) is 0 Å². The molecule has 4 N–H and O–H groups in total. The van der Waals surface area contributed by atoms with Gasteiger partial charge in [0.05, 0.1) is 17.7 Å². The molecule has 0 bridgehead atoms. The molecule has 1 aromatic carbocycles. The molecule has 19 heavy (non-hydrogen) atoms. The van der Waals surface area contributed by atoms with Crippen LogP contribution in [0.2, 0.25) is 0 Å². The number of aliphatic hydroxyl groups is 1. The van der Waals surface area contributed by atoms with Crippen LogP contribution in [-0.2, 0) is 6.18 Å². The highest BCUT2D eigenvalue weighted by Gasteiger charge is 2.31. The molecule has 106 valence electrons. The number of amidine groups is 1. The van der Waals surface area contributed by atoms with Gasteiger partial charge < -0.3 is 20.8 Å². The van der Waals surface area contributed by atoms with Gasteiger partial charge in [-0.1, -0.05) is 5.16 Å². The largest absolute Gasteiger partial charge is 0.493 e. The van der Waals surface area contributed by atoms with E-state index in [1.54, 1.807) is 0 Å². The first-order valence-corrected chi connectivity index (χ1v) is 5.33. The number of alkyl halides is 3. The zero-order valence-electron chi connectivity index (χ0n) is 9.81. The average Bonchev–Trinajstić information content (AvgIpc) is 2.37. The number of hydrogen-bond donors (Lipinski definition) is 3. The number of nitrogens with two attached hydrogens (primary N) is 1. The van der Waals surface area contributed by atoms with Gasteiger partial charge in [-0.25, -0.2) is 0 Å². The Balaban J connectivity index is 3.10. The predicted octanol–water partition coefficient (Wildman–Crippen LogP) is 1.56. The first-order chi connectivity index (χ1) is 8.90. The molecule has 0 amide bonds. The van der Waals surface area contributed by atoms with E-state index in [9.17, 15) is 13.2 Å². The third kappa shape index (κ3) is 4.02. The lowest BCUT2D eigenvalue weighted by Gasteiger charge is -2.13. The molecule has 1 aromatic rings. The van der Waals surface area contributed by atoms with Crippen LogP contribution in [0.15, 0.2) is 23.4 Å². The van der Waals surface area contributed by atoms with E-state index in [-0.39, 0.29) is 24.5 Å². The Morgan fingerprint density at radius 2 is 2.05 bits per heavy atom. The quantitative estimate of drug-likeness (QED) is 0.251. The van der Waals surface area contributed by atoms with Crippen molar-refractivity contribution in [2.24, 2.45) is 10.9 Å². The monoisotopic (exact) mass is 278 g/mol. The molecule has 0 heterocycles. The third-order valence-corrected chi connectivity index (χ3v) is 2.25. The van der Waals surface area contributed by atoms with E-state index in [2.05, 4.69) is 5.16 Å². The molecule has 0 radical (unpaired) electrons. The minimum absolute atomic E-state index is 0.0525. The minimum Gasteiger partial charge on any atom is -0.493 e. The summed E-state index contributed by atoms with van der Waals surface area (Å²) in [5.41, 5.74) is 4.23. The minimum atomic E-state index is -4.53. The van der Waals surface area contributed by atoms with E-state index in [0.717, 1.165) is 18.2 Å². The van der Waals surface area contributed by atoms with Gasteiger partial charge in [0, 0.05) is 13.0 Å². The molecule has 1 rings (SSSR count).